The first kappa shape index (κ1) is 20.7. The molecule has 0 aromatic carbocycles. The summed E-state index contributed by atoms with van der Waals surface area (Å²) in [7, 11) is 1.86. The highest BCUT2D eigenvalue weighted by Gasteiger charge is 2.25. The number of rotatable bonds is 5. The third-order valence-corrected chi connectivity index (χ3v) is 5.30. The van der Waals surface area contributed by atoms with E-state index in [1.165, 1.54) is 0 Å². The average molecular weight is 418 g/mol. The highest BCUT2D eigenvalue weighted by molar-refractivity contribution is 5.91. The van der Waals surface area contributed by atoms with Gasteiger partial charge < -0.3 is 10.2 Å². The largest absolute Gasteiger partial charge is 0.338 e. The average Bonchev–Trinajstić information content (AvgIpc) is 3.17. The van der Waals surface area contributed by atoms with Crippen LogP contribution < -0.4 is 5.32 Å². The number of nitrogens with zero attached hydrogens (tertiary/aromatic N) is 6. The number of carbonyl (C=O) groups excluding carboxylic acids is 1. The molecule has 4 heterocycles. The molecular formula is C23H27N7O. The summed E-state index contributed by atoms with van der Waals surface area (Å²) >= 11 is 0. The van der Waals surface area contributed by atoms with Crippen molar-refractivity contribution < 1.29 is 4.79 Å². The van der Waals surface area contributed by atoms with Crippen LogP contribution in [0, 0.1) is 13.8 Å². The number of aryl methyl sites for hydroxylation is 3. The van der Waals surface area contributed by atoms with E-state index in [0.29, 0.717) is 12.4 Å². The van der Waals surface area contributed by atoms with Crippen LogP contribution in [0.4, 0.5) is 11.6 Å². The summed E-state index contributed by atoms with van der Waals surface area (Å²) in [6, 6.07) is 7.81. The summed E-state index contributed by atoms with van der Waals surface area (Å²) in [6.45, 7) is 5.25. The van der Waals surface area contributed by atoms with E-state index in [2.05, 4.69) is 25.4 Å². The SMILES string of the molecule is Cc1cccc(Nc2cc(C3CCCN(C(=O)C=Cc4cnn(C)c4)C3)nc(C)n2)n1. The van der Waals surface area contributed by atoms with Crippen LogP contribution in [0.3, 0.4) is 0 Å². The van der Waals surface area contributed by atoms with Crippen molar-refractivity contribution >= 4 is 23.6 Å². The van der Waals surface area contributed by atoms with E-state index >= 15 is 0 Å². The smallest absolute Gasteiger partial charge is 0.246 e. The second-order valence-corrected chi connectivity index (χ2v) is 7.92. The first-order chi connectivity index (χ1) is 15.0. The summed E-state index contributed by atoms with van der Waals surface area (Å²) in [5.41, 5.74) is 2.81. The third kappa shape index (κ3) is 5.33. The molecule has 1 unspecified atom stereocenters. The summed E-state index contributed by atoms with van der Waals surface area (Å²) in [6.07, 6.45) is 9.00. The quantitative estimate of drug-likeness (QED) is 0.640. The number of amides is 1. The highest BCUT2D eigenvalue weighted by atomic mass is 16.2. The van der Waals surface area contributed by atoms with E-state index in [9.17, 15) is 4.79 Å². The number of hydrogen-bond donors (Lipinski definition) is 1. The number of piperidine rings is 1. The van der Waals surface area contributed by atoms with Gasteiger partial charge >= 0.3 is 0 Å². The molecule has 1 aliphatic heterocycles. The lowest BCUT2D eigenvalue weighted by atomic mass is 9.94. The van der Waals surface area contributed by atoms with Crippen LogP contribution in [0.1, 0.15) is 41.5 Å². The lowest BCUT2D eigenvalue weighted by molar-refractivity contribution is -0.127. The molecule has 8 heteroatoms. The van der Waals surface area contributed by atoms with Gasteiger partial charge in [-0.05, 0) is 44.9 Å². The number of pyridine rings is 1. The molecule has 1 N–H and O–H groups in total. The first-order valence-corrected chi connectivity index (χ1v) is 10.5. The van der Waals surface area contributed by atoms with E-state index < -0.39 is 0 Å². The zero-order chi connectivity index (χ0) is 21.8. The van der Waals surface area contributed by atoms with Crippen LogP contribution in [0.25, 0.3) is 6.08 Å². The molecule has 0 spiro atoms. The molecule has 3 aromatic heterocycles. The molecule has 0 radical (unpaired) electrons. The van der Waals surface area contributed by atoms with E-state index in [1.807, 2.05) is 62.3 Å². The molecule has 0 saturated carbocycles. The Balaban J connectivity index is 1.46. The molecular weight excluding hydrogens is 390 g/mol. The molecule has 0 aliphatic carbocycles. The molecule has 0 bridgehead atoms. The molecule has 3 aromatic rings. The number of anilines is 2. The van der Waals surface area contributed by atoms with Gasteiger partial charge in [0.15, 0.2) is 0 Å². The highest BCUT2D eigenvalue weighted by Crippen LogP contribution is 2.28. The van der Waals surface area contributed by atoms with Gasteiger partial charge in [-0.25, -0.2) is 15.0 Å². The fraction of sp³-hybridized carbons (Fsp3) is 0.348. The third-order valence-electron chi connectivity index (χ3n) is 5.30. The summed E-state index contributed by atoms with van der Waals surface area (Å²) in [5.74, 6) is 2.37. The van der Waals surface area contributed by atoms with Crippen LogP contribution >= 0.6 is 0 Å². The Morgan fingerprint density at radius 1 is 1.19 bits per heavy atom. The Labute approximate surface area is 182 Å². The standard InChI is InChI=1S/C23H27N7O/c1-16-6-4-8-21(25-16)28-22-12-20(26-17(2)27-22)19-7-5-11-30(15-19)23(31)10-9-18-13-24-29(3)14-18/h4,6,8-10,12-14,19H,5,7,11,15H2,1-3H3,(H,25,26,27,28). The van der Waals surface area contributed by atoms with Crippen LogP contribution in [-0.2, 0) is 11.8 Å². The van der Waals surface area contributed by atoms with Gasteiger partial charge in [-0.1, -0.05) is 6.07 Å². The van der Waals surface area contributed by atoms with Gasteiger partial charge in [0.2, 0.25) is 5.91 Å². The van der Waals surface area contributed by atoms with Gasteiger partial charge in [0.1, 0.15) is 17.5 Å². The van der Waals surface area contributed by atoms with Gasteiger partial charge in [0, 0.05) is 55.7 Å². The van der Waals surface area contributed by atoms with E-state index in [-0.39, 0.29) is 11.8 Å². The topological polar surface area (TPSA) is 88.8 Å². The molecule has 1 aliphatic rings. The maximum atomic E-state index is 12.7. The maximum Gasteiger partial charge on any atom is 0.246 e. The Morgan fingerprint density at radius 2 is 2.06 bits per heavy atom. The number of aromatic nitrogens is 5. The van der Waals surface area contributed by atoms with Crippen LogP contribution in [0.5, 0.6) is 0 Å². The Hall–Kier alpha value is -3.55. The molecule has 4 rings (SSSR count). The normalized spacial score (nSPS) is 16.6. The zero-order valence-corrected chi connectivity index (χ0v) is 18.1. The molecule has 1 fully saturated rings. The summed E-state index contributed by atoms with van der Waals surface area (Å²) < 4.78 is 1.72. The van der Waals surface area contributed by atoms with Crippen LogP contribution in [0.15, 0.2) is 42.7 Å². The van der Waals surface area contributed by atoms with E-state index in [4.69, 9.17) is 0 Å². The van der Waals surface area contributed by atoms with Crippen molar-refractivity contribution in [3.05, 3.63) is 65.5 Å². The van der Waals surface area contributed by atoms with Crippen molar-refractivity contribution in [3.63, 3.8) is 0 Å². The minimum absolute atomic E-state index is 0.0154. The molecule has 31 heavy (non-hydrogen) atoms. The summed E-state index contributed by atoms with van der Waals surface area (Å²) in [5, 5.41) is 7.40. The Morgan fingerprint density at radius 3 is 2.84 bits per heavy atom. The van der Waals surface area contributed by atoms with Gasteiger partial charge in [-0.2, -0.15) is 5.10 Å². The fourth-order valence-electron chi connectivity index (χ4n) is 3.83. The predicted molar refractivity (Wildman–Crippen MR) is 120 cm³/mol. The minimum Gasteiger partial charge on any atom is -0.338 e. The second-order valence-electron chi connectivity index (χ2n) is 7.92. The Kier molecular flexibility index (Phi) is 6.06. The molecule has 1 saturated heterocycles. The van der Waals surface area contributed by atoms with Crippen molar-refractivity contribution in [1.82, 2.24) is 29.6 Å². The molecule has 1 atom stereocenters. The van der Waals surface area contributed by atoms with Crippen molar-refractivity contribution in [1.29, 1.82) is 0 Å². The lowest BCUT2D eigenvalue weighted by Crippen LogP contribution is -2.38. The van der Waals surface area contributed by atoms with E-state index in [0.717, 1.165) is 48.0 Å². The zero-order valence-electron chi connectivity index (χ0n) is 18.1. The fourth-order valence-corrected chi connectivity index (χ4v) is 3.83. The van der Waals surface area contributed by atoms with Crippen molar-refractivity contribution in [2.75, 3.05) is 18.4 Å². The number of nitrogens with one attached hydrogen (secondary N) is 1. The molecule has 160 valence electrons. The molecule has 1 amide bonds. The van der Waals surface area contributed by atoms with Gasteiger partial charge in [-0.15, -0.1) is 0 Å². The monoisotopic (exact) mass is 417 g/mol. The molecule has 8 nitrogen and oxygen atoms in total. The van der Waals surface area contributed by atoms with Gasteiger partial charge in [0.05, 0.1) is 11.9 Å². The maximum absolute atomic E-state index is 12.7. The van der Waals surface area contributed by atoms with E-state index in [1.54, 1.807) is 17.0 Å². The Bertz CT molecular complexity index is 1100. The minimum atomic E-state index is 0.0154. The number of hydrogen-bond acceptors (Lipinski definition) is 6. The predicted octanol–water partition coefficient (Wildman–Crippen LogP) is 3.38. The second kappa shape index (κ2) is 9.07. The lowest BCUT2D eigenvalue weighted by Gasteiger charge is -2.32. The number of carbonyl (C=O) groups is 1. The summed E-state index contributed by atoms with van der Waals surface area (Å²) in [4.78, 5) is 28.3. The van der Waals surface area contributed by atoms with Crippen molar-refractivity contribution in [2.45, 2.75) is 32.6 Å². The van der Waals surface area contributed by atoms with Crippen molar-refractivity contribution in [3.8, 4) is 0 Å². The van der Waals surface area contributed by atoms with Crippen LogP contribution in [0.2, 0.25) is 0 Å². The van der Waals surface area contributed by atoms with Crippen molar-refractivity contribution in [2.24, 2.45) is 7.05 Å². The number of likely N-dealkylation sites (tertiary alicyclic amines) is 1. The van der Waals surface area contributed by atoms with Crippen LogP contribution in [-0.4, -0.2) is 48.6 Å². The first-order valence-electron chi connectivity index (χ1n) is 10.5. The van der Waals surface area contributed by atoms with Gasteiger partial charge in [0.25, 0.3) is 0 Å². The van der Waals surface area contributed by atoms with Gasteiger partial charge in [-0.3, -0.25) is 9.48 Å².